The highest BCUT2D eigenvalue weighted by atomic mass is 16.2. The van der Waals surface area contributed by atoms with E-state index in [0.717, 1.165) is 31.2 Å². The molecule has 3 rings (SSSR count). The first kappa shape index (κ1) is 32.1. The van der Waals surface area contributed by atoms with Gasteiger partial charge < -0.3 is 5.32 Å². The highest BCUT2D eigenvalue weighted by molar-refractivity contribution is 6.38. The zero-order chi connectivity index (χ0) is 30.0. The first-order valence-electron chi connectivity index (χ1n) is 15.0. The van der Waals surface area contributed by atoms with Gasteiger partial charge in [-0.3, -0.25) is 24.0 Å². The van der Waals surface area contributed by atoms with Crippen LogP contribution in [0.2, 0.25) is 0 Å². The number of rotatable bonds is 14. The molecule has 6 heteroatoms. The van der Waals surface area contributed by atoms with Crippen molar-refractivity contribution in [2.75, 3.05) is 0 Å². The third-order valence-electron chi connectivity index (χ3n) is 8.31. The highest BCUT2D eigenvalue weighted by Crippen LogP contribution is 2.33. The van der Waals surface area contributed by atoms with E-state index in [0.29, 0.717) is 12.0 Å². The summed E-state index contributed by atoms with van der Waals surface area (Å²) in [6.07, 6.45) is 5.79. The molecule has 1 aliphatic carbocycles. The van der Waals surface area contributed by atoms with Crippen LogP contribution in [0.1, 0.15) is 95.0 Å². The molecule has 0 spiro atoms. The molecule has 0 radical (unpaired) electrons. The molecular formula is C35H45NO5. The van der Waals surface area contributed by atoms with Crippen LogP contribution >= 0.6 is 0 Å². The molecule has 0 bridgehead atoms. The zero-order valence-electron chi connectivity index (χ0n) is 25.0. The van der Waals surface area contributed by atoms with Crippen LogP contribution in [0.15, 0.2) is 60.7 Å². The van der Waals surface area contributed by atoms with Gasteiger partial charge in [0.1, 0.15) is 0 Å². The van der Waals surface area contributed by atoms with Crippen LogP contribution in [-0.2, 0) is 25.6 Å². The second-order valence-electron chi connectivity index (χ2n) is 12.7. The summed E-state index contributed by atoms with van der Waals surface area (Å²) >= 11 is 0. The van der Waals surface area contributed by atoms with Crippen molar-refractivity contribution in [3.8, 4) is 0 Å². The molecule has 220 valence electrons. The van der Waals surface area contributed by atoms with Gasteiger partial charge in [0.15, 0.2) is 17.3 Å². The van der Waals surface area contributed by atoms with Gasteiger partial charge in [-0.2, -0.15) is 0 Å². The standard InChI is InChI=1S/C35H45NO5/c1-24(30(37)23-29(35(2,3)4)33(40)32(39)21-26-16-10-6-11-17-26)36-34(41)28(20-25-14-8-5-9-15-25)22-31(38)27-18-12-7-13-19-27/h5,7-9,12-15,18-19,24,26,28-29H,6,10-11,16-17,20-23H2,1-4H3,(H,36,41)/t24-,28+,29+/m0/s1. The number of carbonyl (C=O) groups excluding carboxylic acids is 5. The largest absolute Gasteiger partial charge is 0.346 e. The maximum absolute atomic E-state index is 13.4. The molecule has 1 saturated carbocycles. The fraction of sp³-hybridized carbons (Fsp3) is 0.514. The van der Waals surface area contributed by atoms with Crippen LogP contribution in [0, 0.1) is 23.2 Å². The summed E-state index contributed by atoms with van der Waals surface area (Å²) in [7, 11) is 0. The lowest BCUT2D eigenvalue weighted by molar-refractivity contribution is -0.143. The summed E-state index contributed by atoms with van der Waals surface area (Å²) in [5.74, 6) is -2.88. The summed E-state index contributed by atoms with van der Waals surface area (Å²) in [5, 5.41) is 2.81. The predicted octanol–water partition coefficient (Wildman–Crippen LogP) is 6.35. The van der Waals surface area contributed by atoms with Crippen molar-refractivity contribution in [2.24, 2.45) is 23.2 Å². The smallest absolute Gasteiger partial charge is 0.224 e. The molecular weight excluding hydrogens is 514 g/mol. The molecule has 0 unspecified atom stereocenters. The van der Waals surface area contributed by atoms with Gasteiger partial charge in [0, 0.05) is 36.7 Å². The Morgan fingerprint density at radius 2 is 1.41 bits per heavy atom. The van der Waals surface area contributed by atoms with E-state index >= 15 is 0 Å². The first-order chi connectivity index (χ1) is 19.5. The first-order valence-corrected chi connectivity index (χ1v) is 15.0. The molecule has 0 aromatic heterocycles. The maximum atomic E-state index is 13.4. The molecule has 2 aromatic rings. The Morgan fingerprint density at radius 3 is 2.00 bits per heavy atom. The van der Waals surface area contributed by atoms with Crippen molar-refractivity contribution >= 4 is 29.0 Å². The predicted molar refractivity (Wildman–Crippen MR) is 160 cm³/mol. The van der Waals surface area contributed by atoms with Crippen molar-refractivity contribution in [3.05, 3.63) is 71.8 Å². The van der Waals surface area contributed by atoms with Gasteiger partial charge in [0.05, 0.1) is 6.04 Å². The van der Waals surface area contributed by atoms with Crippen molar-refractivity contribution in [1.82, 2.24) is 5.32 Å². The summed E-state index contributed by atoms with van der Waals surface area (Å²) in [4.78, 5) is 66.0. The average Bonchev–Trinajstić information content (AvgIpc) is 2.95. The quantitative estimate of drug-likeness (QED) is 0.215. The van der Waals surface area contributed by atoms with Gasteiger partial charge in [-0.25, -0.2) is 0 Å². The van der Waals surface area contributed by atoms with Crippen LogP contribution < -0.4 is 5.32 Å². The van der Waals surface area contributed by atoms with E-state index in [2.05, 4.69) is 5.32 Å². The fourth-order valence-electron chi connectivity index (χ4n) is 5.65. The van der Waals surface area contributed by atoms with E-state index in [1.807, 2.05) is 57.2 Å². The number of nitrogens with one attached hydrogen (secondary N) is 1. The Bertz CT molecular complexity index is 1190. The molecule has 0 heterocycles. The number of ketones is 4. The van der Waals surface area contributed by atoms with E-state index in [1.165, 1.54) is 6.42 Å². The van der Waals surface area contributed by atoms with Crippen molar-refractivity contribution in [2.45, 2.75) is 91.5 Å². The summed E-state index contributed by atoms with van der Waals surface area (Å²) in [6, 6.07) is 17.5. The minimum absolute atomic E-state index is 0.00439. The van der Waals surface area contributed by atoms with Gasteiger partial charge in [-0.1, -0.05) is 114 Å². The Balaban J connectivity index is 1.67. The van der Waals surface area contributed by atoms with Crippen molar-refractivity contribution in [3.63, 3.8) is 0 Å². The average molecular weight is 560 g/mol. The second-order valence-corrected chi connectivity index (χ2v) is 12.7. The minimum Gasteiger partial charge on any atom is -0.346 e. The monoisotopic (exact) mass is 559 g/mol. The molecule has 3 atom stereocenters. The topological polar surface area (TPSA) is 97.4 Å². The number of benzene rings is 2. The van der Waals surface area contributed by atoms with Crippen LogP contribution in [0.4, 0.5) is 0 Å². The molecule has 1 aliphatic rings. The van der Waals surface area contributed by atoms with Crippen LogP contribution in [-0.4, -0.2) is 35.1 Å². The maximum Gasteiger partial charge on any atom is 0.224 e. The number of hydrogen-bond acceptors (Lipinski definition) is 5. The van der Waals surface area contributed by atoms with Gasteiger partial charge >= 0.3 is 0 Å². The lowest BCUT2D eigenvalue weighted by Crippen LogP contribution is -2.45. The van der Waals surface area contributed by atoms with E-state index < -0.39 is 29.1 Å². The molecule has 0 saturated heterocycles. The van der Waals surface area contributed by atoms with Gasteiger partial charge in [0.2, 0.25) is 11.7 Å². The summed E-state index contributed by atoms with van der Waals surface area (Å²) in [5.41, 5.74) is 0.866. The van der Waals surface area contributed by atoms with E-state index in [9.17, 15) is 24.0 Å². The Hall–Kier alpha value is -3.41. The molecule has 1 N–H and O–H groups in total. The van der Waals surface area contributed by atoms with Crippen LogP contribution in [0.5, 0.6) is 0 Å². The van der Waals surface area contributed by atoms with E-state index in [4.69, 9.17) is 0 Å². The molecule has 1 fully saturated rings. The third-order valence-corrected chi connectivity index (χ3v) is 8.31. The van der Waals surface area contributed by atoms with Gasteiger partial charge in [-0.15, -0.1) is 0 Å². The van der Waals surface area contributed by atoms with Crippen LogP contribution in [0.3, 0.4) is 0 Å². The van der Waals surface area contributed by atoms with Gasteiger partial charge in [0.25, 0.3) is 0 Å². The third kappa shape index (κ3) is 9.87. The van der Waals surface area contributed by atoms with Crippen molar-refractivity contribution in [1.29, 1.82) is 0 Å². The molecule has 41 heavy (non-hydrogen) atoms. The lowest BCUT2D eigenvalue weighted by atomic mass is 9.72. The normalized spacial score (nSPS) is 16.3. The van der Waals surface area contributed by atoms with E-state index in [-0.39, 0.29) is 48.4 Å². The van der Waals surface area contributed by atoms with Gasteiger partial charge in [-0.05, 0) is 30.2 Å². The molecule has 1 amide bonds. The van der Waals surface area contributed by atoms with E-state index in [1.54, 1.807) is 31.2 Å². The SMILES string of the molecule is C[C@H](NC(=O)[C@@H](CC(=O)c1ccccc1)Cc1ccccc1)C(=O)C[C@H](C(=O)C(=O)CC1CCCCC1)C(C)(C)C. The number of Topliss-reactive ketones (excluding diaryl/α,β-unsaturated/α-hetero) is 4. The second kappa shape index (κ2) is 15.0. The molecule has 6 nitrogen and oxygen atoms in total. The fourth-order valence-corrected chi connectivity index (χ4v) is 5.65. The summed E-state index contributed by atoms with van der Waals surface area (Å²) < 4.78 is 0. The summed E-state index contributed by atoms with van der Waals surface area (Å²) in [6.45, 7) is 7.20. The Labute approximate surface area is 244 Å². The molecule has 0 aliphatic heterocycles. The zero-order valence-corrected chi connectivity index (χ0v) is 25.0. The van der Waals surface area contributed by atoms with Crippen LogP contribution in [0.25, 0.3) is 0 Å². The molecule has 2 aromatic carbocycles. The lowest BCUT2D eigenvalue weighted by Gasteiger charge is -2.30. The Morgan fingerprint density at radius 1 is 0.829 bits per heavy atom. The van der Waals surface area contributed by atoms with Crippen molar-refractivity contribution < 1.29 is 24.0 Å². The number of amides is 1. The number of carbonyl (C=O) groups is 5. The number of hydrogen-bond donors (Lipinski definition) is 1. The highest BCUT2D eigenvalue weighted by Gasteiger charge is 2.38. The minimum atomic E-state index is -0.862. The Kier molecular flexibility index (Phi) is 11.7.